The van der Waals surface area contributed by atoms with Crippen molar-refractivity contribution in [1.29, 1.82) is 0 Å². The Balaban J connectivity index is 1.15. The Morgan fingerprint density at radius 3 is 2.27 bits per heavy atom. The third-order valence-electron chi connectivity index (χ3n) is 16.8. The number of benzene rings is 1. The van der Waals surface area contributed by atoms with Crippen LogP contribution in [0.25, 0.3) is 0 Å². The predicted octanol–water partition coefficient (Wildman–Crippen LogP) is 9.96. The number of hydrogen-bond donors (Lipinski definition) is 2. The summed E-state index contributed by atoms with van der Waals surface area (Å²) in [7, 11) is 0. The molecule has 5 aliphatic rings. The summed E-state index contributed by atoms with van der Waals surface area (Å²) >= 11 is 0. The molecule has 5 aliphatic carbocycles. The van der Waals surface area contributed by atoms with Crippen LogP contribution in [0.5, 0.6) is 0 Å². The van der Waals surface area contributed by atoms with E-state index in [1.165, 1.54) is 56.9 Å². The molecule has 49 heavy (non-hydrogen) atoms. The van der Waals surface area contributed by atoms with Crippen LogP contribution in [0.15, 0.2) is 48.7 Å². The number of hydrogen-bond acceptors (Lipinski definition) is 3. The normalized spacial score (nSPS) is 40.8. The lowest BCUT2D eigenvalue weighted by atomic mass is 9.31. The van der Waals surface area contributed by atoms with E-state index in [1.807, 2.05) is 18.3 Å². The van der Waals surface area contributed by atoms with E-state index in [2.05, 4.69) is 77.0 Å². The molecular formula is C44H62N2O3. The second kappa shape index (κ2) is 12.2. The van der Waals surface area contributed by atoms with E-state index in [4.69, 9.17) is 0 Å². The van der Waals surface area contributed by atoms with E-state index < -0.39 is 5.97 Å². The van der Waals surface area contributed by atoms with Gasteiger partial charge in [-0.25, -0.2) is 4.79 Å². The number of pyridine rings is 1. The topological polar surface area (TPSA) is 79.3 Å². The van der Waals surface area contributed by atoms with Crippen LogP contribution < -0.4 is 5.32 Å². The number of carbonyl (C=O) groups excluding carboxylic acids is 1. The van der Waals surface area contributed by atoms with Gasteiger partial charge in [-0.1, -0.05) is 66.7 Å². The molecule has 266 valence electrons. The smallest absolute Gasteiger partial charge is 0.335 e. The van der Waals surface area contributed by atoms with E-state index in [1.54, 1.807) is 12.1 Å². The van der Waals surface area contributed by atoms with Crippen molar-refractivity contribution >= 4 is 11.9 Å². The molecule has 1 heterocycles. The summed E-state index contributed by atoms with van der Waals surface area (Å²) in [5.74, 6) is 3.51. The fourth-order valence-corrected chi connectivity index (χ4v) is 14.3. The average molecular weight is 667 g/mol. The first-order valence-electron chi connectivity index (χ1n) is 19.7. The monoisotopic (exact) mass is 666 g/mol. The van der Waals surface area contributed by atoms with Gasteiger partial charge in [0.15, 0.2) is 0 Å². The molecule has 1 aromatic heterocycles. The predicted molar refractivity (Wildman–Crippen MR) is 196 cm³/mol. The fraction of sp³-hybridized carbons (Fsp3) is 0.705. The lowest BCUT2D eigenvalue weighted by Crippen LogP contribution is -2.67. The van der Waals surface area contributed by atoms with Gasteiger partial charge in [-0.3, -0.25) is 9.78 Å². The first-order chi connectivity index (χ1) is 23.2. The number of carboxylic acid groups (broad SMARTS) is 1. The minimum absolute atomic E-state index is 0.139. The van der Waals surface area contributed by atoms with Gasteiger partial charge in [0.1, 0.15) is 0 Å². The van der Waals surface area contributed by atoms with E-state index in [9.17, 15) is 14.7 Å². The highest BCUT2D eigenvalue weighted by Crippen LogP contribution is 2.78. The van der Waals surface area contributed by atoms with Gasteiger partial charge in [0.05, 0.1) is 11.0 Å². The maximum absolute atomic E-state index is 14.5. The number of nitrogens with one attached hydrogen (secondary N) is 1. The van der Waals surface area contributed by atoms with Crippen molar-refractivity contribution in [1.82, 2.24) is 10.3 Å². The Morgan fingerprint density at radius 2 is 1.59 bits per heavy atom. The number of carbonyl (C=O) groups is 2. The number of fused-ring (bicyclic) bond motifs is 7. The van der Waals surface area contributed by atoms with Gasteiger partial charge in [0.25, 0.3) is 0 Å². The van der Waals surface area contributed by atoms with Crippen LogP contribution in [-0.2, 0) is 11.2 Å². The summed E-state index contributed by atoms with van der Waals surface area (Å²) < 4.78 is 0. The van der Waals surface area contributed by atoms with Crippen molar-refractivity contribution in [3.05, 3.63) is 65.5 Å². The van der Waals surface area contributed by atoms with Crippen LogP contribution in [0, 0.1) is 62.6 Å². The zero-order valence-corrected chi connectivity index (χ0v) is 31.4. The summed E-state index contributed by atoms with van der Waals surface area (Å²) in [5, 5.41) is 13.0. The molecule has 4 unspecified atom stereocenters. The van der Waals surface area contributed by atoms with Crippen LogP contribution in [0.3, 0.4) is 0 Å². The fourth-order valence-electron chi connectivity index (χ4n) is 14.3. The molecule has 5 nitrogen and oxygen atoms in total. The summed E-state index contributed by atoms with van der Waals surface area (Å²) in [6.07, 6.45) is 14.6. The lowest BCUT2D eigenvalue weighted by Gasteiger charge is -2.73. The minimum atomic E-state index is -0.851. The molecule has 2 aromatic rings. The van der Waals surface area contributed by atoms with Gasteiger partial charge in [-0.15, -0.1) is 0 Å². The maximum Gasteiger partial charge on any atom is 0.335 e. The number of amides is 1. The van der Waals surface area contributed by atoms with Crippen molar-refractivity contribution in [2.24, 2.45) is 62.6 Å². The Kier molecular flexibility index (Phi) is 8.67. The van der Waals surface area contributed by atoms with Gasteiger partial charge in [0.2, 0.25) is 5.91 Å². The van der Waals surface area contributed by atoms with Crippen molar-refractivity contribution in [2.75, 3.05) is 6.54 Å². The number of aromatic carboxylic acids is 1. The van der Waals surface area contributed by atoms with Crippen LogP contribution in [0.4, 0.5) is 0 Å². The summed E-state index contributed by atoms with van der Waals surface area (Å²) in [6.45, 7) is 18.6. The second-order valence-electron chi connectivity index (χ2n) is 19.0. The quantitative estimate of drug-likeness (QED) is 0.308. The van der Waals surface area contributed by atoms with E-state index in [0.717, 1.165) is 25.0 Å². The first-order valence-corrected chi connectivity index (χ1v) is 19.7. The lowest BCUT2D eigenvalue weighted by molar-refractivity contribution is -0.239. The molecule has 0 radical (unpaired) electrons. The molecule has 0 bridgehead atoms. The van der Waals surface area contributed by atoms with E-state index >= 15 is 0 Å². The first kappa shape index (κ1) is 34.7. The number of nitrogens with zero attached hydrogens (tertiary/aromatic N) is 1. The second-order valence-corrected chi connectivity index (χ2v) is 19.0. The van der Waals surface area contributed by atoms with Gasteiger partial charge in [0, 0.05) is 24.9 Å². The van der Waals surface area contributed by atoms with Crippen molar-refractivity contribution < 1.29 is 14.7 Å². The molecule has 10 atom stereocenters. The number of aromatic nitrogens is 1. The van der Waals surface area contributed by atoms with Gasteiger partial charge in [-0.2, -0.15) is 0 Å². The maximum atomic E-state index is 14.5. The largest absolute Gasteiger partial charge is 0.478 e. The van der Waals surface area contributed by atoms with Gasteiger partial charge < -0.3 is 10.4 Å². The highest BCUT2D eigenvalue weighted by atomic mass is 16.4. The highest BCUT2D eigenvalue weighted by Gasteiger charge is 2.72. The third kappa shape index (κ3) is 5.16. The zero-order valence-electron chi connectivity index (χ0n) is 31.4. The van der Waals surface area contributed by atoms with Crippen LogP contribution in [0.2, 0.25) is 0 Å². The molecule has 0 aliphatic heterocycles. The minimum Gasteiger partial charge on any atom is -0.478 e. The van der Waals surface area contributed by atoms with Gasteiger partial charge in [-0.05, 0) is 157 Å². The molecule has 5 fully saturated rings. The third-order valence-corrected chi connectivity index (χ3v) is 16.8. The van der Waals surface area contributed by atoms with Crippen LogP contribution in [-0.4, -0.2) is 28.5 Å². The summed E-state index contributed by atoms with van der Waals surface area (Å²) in [4.78, 5) is 30.5. The number of rotatable bonds is 7. The molecule has 5 saturated carbocycles. The Bertz CT molecular complexity index is 1550. The molecule has 1 amide bonds. The standard InChI is InChI=1S/C44H62N2O3/c1-28(2)32-17-23-44(39(49)46-27-20-31-10-8-9-26-45-31)25-24-42(6)34(37(32)44)15-16-36-41(5)21-18-33(29-11-13-30(14-12-29)38(47)48)40(3,4)35(41)19-22-43(36,42)7/h8-14,26,28,32-37H,15-25,27H2,1-7H3,(H,46,49)(H,47,48)/t32-,33+,34?,35?,36?,37?,41-,42+,43+,44-/m0/s1. The van der Waals surface area contributed by atoms with Crippen molar-refractivity contribution in [3.63, 3.8) is 0 Å². The van der Waals surface area contributed by atoms with E-state index in [-0.39, 0.29) is 27.1 Å². The van der Waals surface area contributed by atoms with Crippen LogP contribution >= 0.6 is 0 Å². The zero-order chi connectivity index (χ0) is 35.0. The molecule has 0 saturated heterocycles. The molecule has 5 heteroatoms. The average Bonchev–Trinajstić information content (AvgIpc) is 3.47. The van der Waals surface area contributed by atoms with Crippen molar-refractivity contribution in [3.8, 4) is 0 Å². The molecule has 2 N–H and O–H groups in total. The Morgan fingerprint density at radius 1 is 0.837 bits per heavy atom. The summed E-state index contributed by atoms with van der Waals surface area (Å²) in [5.41, 5.74) is 3.42. The SMILES string of the molecule is CC(C)[C@@H]1CC[C@]2(C(=O)NCCc3ccccn3)CC[C@]3(C)C(CCC4[C@@]5(C)CC[C@H](c6ccc(C(=O)O)cc6)C(C)(C)C5CC[C@]43C)C12. The van der Waals surface area contributed by atoms with Crippen LogP contribution in [0.1, 0.15) is 140 Å². The molecule has 7 rings (SSSR count). The van der Waals surface area contributed by atoms with Gasteiger partial charge >= 0.3 is 5.97 Å². The molecule has 1 aromatic carbocycles. The molecule has 0 spiro atoms. The Labute approximate surface area is 295 Å². The number of carboxylic acids is 1. The summed E-state index contributed by atoms with van der Waals surface area (Å²) in [6, 6.07) is 13.8. The highest BCUT2D eigenvalue weighted by molar-refractivity contribution is 5.87. The van der Waals surface area contributed by atoms with Crippen molar-refractivity contribution in [2.45, 2.75) is 125 Å². The Hall–Kier alpha value is -2.69. The molecular weight excluding hydrogens is 604 g/mol. The van der Waals surface area contributed by atoms with E-state index in [0.29, 0.717) is 59.4 Å².